The number of rotatable bonds is 8. The highest BCUT2D eigenvalue weighted by atomic mass is 32.1. The Bertz CT molecular complexity index is 1550. The van der Waals surface area contributed by atoms with Gasteiger partial charge in [0.05, 0.1) is 23.4 Å². The second-order valence-corrected chi connectivity index (χ2v) is 10.1. The van der Waals surface area contributed by atoms with Crippen LogP contribution >= 0.6 is 11.3 Å². The molecule has 202 valence electrons. The summed E-state index contributed by atoms with van der Waals surface area (Å²) in [5.74, 6) is -0.879. The molecule has 1 aliphatic rings. The van der Waals surface area contributed by atoms with Gasteiger partial charge in [0.2, 0.25) is 11.8 Å². The standard InChI is InChI=1S/C27H23F3N4O4S/c1-14(18-5-3-4-6-21(18)38-27(28,29)30)32-24(36)19-11-17(13-31-25(19)37-2)16-9-10-20-22(12-16)39-26(33-20)34-23(35)15-7-8-15/h3-6,9-15H,7-8H2,1-2H3,(H,32,36)(H,33,34,35)/t14-/m0/s1. The number of amides is 2. The lowest BCUT2D eigenvalue weighted by Gasteiger charge is -2.19. The Morgan fingerprint density at radius 1 is 1.10 bits per heavy atom. The van der Waals surface area contributed by atoms with Gasteiger partial charge in [0, 0.05) is 23.2 Å². The highest BCUT2D eigenvalue weighted by Crippen LogP contribution is 2.35. The zero-order chi connectivity index (χ0) is 27.7. The Hall–Kier alpha value is -4.19. The van der Waals surface area contributed by atoms with Crippen molar-refractivity contribution >= 4 is 38.5 Å². The maximum atomic E-state index is 13.2. The Morgan fingerprint density at radius 3 is 2.59 bits per heavy atom. The number of benzene rings is 2. The van der Waals surface area contributed by atoms with E-state index in [9.17, 15) is 22.8 Å². The Labute approximate surface area is 225 Å². The number of hydrogen-bond donors (Lipinski definition) is 2. The van der Waals surface area contributed by atoms with Gasteiger partial charge in [-0.25, -0.2) is 9.97 Å². The lowest BCUT2D eigenvalue weighted by molar-refractivity contribution is -0.275. The molecular formula is C27H23F3N4O4S. The van der Waals surface area contributed by atoms with Crippen molar-refractivity contribution in [3.05, 3.63) is 65.9 Å². The van der Waals surface area contributed by atoms with Crippen LogP contribution in [-0.2, 0) is 4.79 Å². The first kappa shape index (κ1) is 26.4. The molecule has 2 amide bonds. The normalized spacial score (nSPS) is 14.1. The molecule has 8 nitrogen and oxygen atoms in total. The molecule has 1 aliphatic carbocycles. The molecule has 0 unspecified atom stereocenters. The molecule has 0 spiro atoms. The number of carbonyl (C=O) groups is 2. The van der Waals surface area contributed by atoms with Gasteiger partial charge in [0.15, 0.2) is 5.13 Å². The van der Waals surface area contributed by atoms with E-state index in [0.717, 1.165) is 28.6 Å². The quantitative estimate of drug-likeness (QED) is 0.272. The molecule has 39 heavy (non-hydrogen) atoms. The molecule has 1 saturated carbocycles. The summed E-state index contributed by atoms with van der Waals surface area (Å²) in [4.78, 5) is 34.0. The van der Waals surface area contributed by atoms with Crippen LogP contribution < -0.4 is 20.1 Å². The number of ether oxygens (including phenoxy) is 2. The van der Waals surface area contributed by atoms with Crippen molar-refractivity contribution in [2.45, 2.75) is 32.2 Å². The van der Waals surface area contributed by atoms with Crippen LogP contribution in [0.15, 0.2) is 54.7 Å². The fourth-order valence-corrected chi connectivity index (χ4v) is 4.96. The molecule has 0 bridgehead atoms. The van der Waals surface area contributed by atoms with Gasteiger partial charge < -0.3 is 20.1 Å². The van der Waals surface area contributed by atoms with Gasteiger partial charge in [0.25, 0.3) is 5.91 Å². The summed E-state index contributed by atoms with van der Waals surface area (Å²) >= 11 is 1.35. The van der Waals surface area contributed by atoms with E-state index in [1.165, 1.54) is 36.6 Å². The molecule has 2 N–H and O–H groups in total. The van der Waals surface area contributed by atoms with Crippen molar-refractivity contribution in [1.29, 1.82) is 0 Å². The minimum absolute atomic E-state index is 0.0221. The van der Waals surface area contributed by atoms with Gasteiger partial charge >= 0.3 is 6.36 Å². The van der Waals surface area contributed by atoms with Gasteiger partial charge in [-0.05, 0) is 49.6 Å². The first-order valence-electron chi connectivity index (χ1n) is 12.0. The molecular weight excluding hydrogens is 533 g/mol. The van der Waals surface area contributed by atoms with E-state index in [1.54, 1.807) is 25.3 Å². The first-order chi connectivity index (χ1) is 18.6. The minimum Gasteiger partial charge on any atom is -0.480 e. The van der Waals surface area contributed by atoms with Crippen molar-refractivity contribution in [3.8, 4) is 22.8 Å². The van der Waals surface area contributed by atoms with Gasteiger partial charge in [0.1, 0.15) is 11.3 Å². The predicted octanol–water partition coefficient (Wildman–Crippen LogP) is 6.11. The molecule has 0 radical (unpaired) electrons. The number of carbonyl (C=O) groups excluding carboxylic acids is 2. The molecule has 2 aromatic heterocycles. The van der Waals surface area contributed by atoms with E-state index in [0.29, 0.717) is 10.7 Å². The van der Waals surface area contributed by atoms with Gasteiger partial charge in [-0.3, -0.25) is 9.59 Å². The van der Waals surface area contributed by atoms with Crippen molar-refractivity contribution in [3.63, 3.8) is 0 Å². The summed E-state index contributed by atoms with van der Waals surface area (Å²) in [6.45, 7) is 1.55. The zero-order valence-electron chi connectivity index (χ0n) is 20.8. The minimum atomic E-state index is -4.87. The molecule has 2 heterocycles. The fourth-order valence-electron chi connectivity index (χ4n) is 4.05. The first-order valence-corrected chi connectivity index (χ1v) is 12.8. The SMILES string of the molecule is COc1ncc(-c2ccc3nc(NC(=O)C4CC4)sc3c2)cc1C(=O)N[C@@H](C)c1ccccc1OC(F)(F)F. The Morgan fingerprint density at radius 2 is 1.87 bits per heavy atom. The van der Waals surface area contributed by atoms with Crippen LogP contribution in [-0.4, -0.2) is 35.3 Å². The van der Waals surface area contributed by atoms with Crippen LogP contribution in [0.25, 0.3) is 21.3 Å². The van der Waals surface area contributed by atoms with Crippen LogP contribution in [0.4, 0.5) is 18.3 Å². The number of nitrogens with one attached hydrogen (secondary N) is 2. The molecule has 0 saturated heterocycles. The molecule has 5 rings (SSSR count). The van der Waals surface area contributed by atoms with Crippen molar-refractivity contribution in [2.24, 2.45) is 5.92 Å². The van der Waals surface area contributed by atoms with Crippen molar-refractivity contribution in [1.82, 2.24) is 15.3 Å². The summed E-state index contributed by atoms with van der Waals surface area (Å²) in [5.41, 5.74) is 2.37. The van der Waals surface area contributed by atoms with Gasteiger partial charge in [-0.2, -0.15) is 0 Å². The molecule has 2 aromatic carbocycles. The number of alkyl halides is 3. The number of fused-ring (bicyclic) bond motifs is 1. The summed E-state index contributed by atoms with van der Waals surface area (Å²) < 4.78 is 48.8. The lowest BCUT2D eigenvalue weighted by atomic mass is 10.0. The van der Waals surface area contributed by atoms with Crippen molar-refractivity contribution < 1.29 is 32.2 Å². The van der Waals surface area contributed by atoms with Gasteiger partial charge in [-0.15, -0.1) is 13.2 Å². The fraction of sp³-hybridized carbons (Fsp3) is 0.259. The lowest BCUT2D eigenvalue weighted by Crippen LogP contribution is -2.28. The number of para-hydroxylation sites is 1. The van der Waals surface area contributed by atoms with Crippen molar-refractivity contribution in [2.75, 3.05) is 12.4 Å². The summed E-state index contributed by atoms with van der Waals surface area (Å²) in [5, 5.41) is 6.08. The number of hydrogen-bond acceptors (Lipinski definition) is 7. The van der Waals surface area contributed by atoms with Crippen LogP contribution in [0.2, 0.25) is 0 Å². The van der Waals surface area contributed by atoms with Gasteiger partial charge in [-0.1, -0.05) is 35.6 Å². The number of methoxy groups -OCH3 is 1. The summed E-state index contributed by atoms with van der Waals surface area (Å²) in [7, 11) is 1.37. The largest absolute Gasteiger partial charge is 0.573 e. The number of thiazole rings is 1. The smallest absolute Gasteiger partial charge is 0.480 e. The average molecular weight is 557 g/mol. The number of anilines is 1. The number of aromatic nitrogens is 2. The predicted molar refractivity (Wildman–Crippen MR) is 140 cm³/mol. The monoisotopic (exact) mass is 556 g/mol. The van der Waals surface area contributed by atoms with Crippen LogP contribution in [0.1, 0.15) is 41.7 Å². The third-order valence-electron chi connectivity index (χ3n) is 6.15. The number of nitrogens with zero attached hydrogens (tertiary/aromatic N) is 2. The maximum absolute atomic E-state index is 13.2. The zero-order valence-corrected chi connectivity index (χ0v) is 21.7. The molecule has 12 heteroatoms. The van der Waals surface area contributed by atoms with E-state index in [1.807, 2.05) is 18.2 Å². The Balaban J connectivity index is 1.39. The topological polar surface area (TPSA) is 102 Å². The third kappa shape index (κ3) is 6.11. The van der Waals surface area contributed by atoms with E-state index >= 15 is 0 Å². The van der Waals surface area contributed by atoms with Crippen LogP contribution in [0.3, 0.4) is 0 Å². The molecule has 1 atom stereocenters. The second-order valence-electron chi connectivity index (χ2n) is 9.03. The highest BCUT2D eigenvalue weighted by molar-refractivity contribution is 7.22. The average Bonchev–Trinajstić information content (AvgIpc) is 3.67. The molecule has 4 aromatic rings. The number of halogens is 3. The van der Waals surface area contributed by atoms with E-state index < -0.39 is 24.1 Å². The number of pyridine rings is 1. The third-order valence-corrected chi connectivity index (χ3v) is 7.08. The molecule has 0 aliphatic heterocycles. The second kappa shape index (κ2) is 10.5. The highest BCUT2D eigenvalue weighted by Gasteiger charge is 2.33. The van der Waals surface area contributed by atoms with E-state index in [-0.39, 0.29) is 28.8 Å². The van der Waals surface area contributed by atoms with E-state index in [4.69, 9.17) is 4.74 Å². The summed E-state index contributed by atoms with van der Waals surface area (Å²) in [6.07, 6.45) is -1.52. The van der Waals surface area contributed by atoms with Crippen LogP contribution in [0.5, 0.6) is 11.6 Å². The van der Waals surface area contributed by atoms with E-state index in [2.05, 4.69) is 25.3 Å². The summed E-state index contributed by atoms with van der Waals surface area (Å²) in [6, 6.07) is 11.9. The van der Waals surface area contributed by atoms with Crippen LogP contribution in [0, 0.1) is 5.92 Å². The Kier molecular flexibility index (Phi) is 7.13. The molecule has 1 fully saturated rings. The maximum Gasteiger partial charge on any atom is 0.573 e.